The molecular weight excluding hydrogens is 496 g/mol. The van der Waals surface area contributed by atoms with Crippen molar-refractivity contribution in [1.29, 1.82) is 10.5 Å². The lowest BCUT2D eigenvalue weighted by Crippen LogP contribution is -2.59. The molecular formula is C28H28N8OS. The van der Waals surface area contributed by atoms with Crippen LogP contribution in [0.15, 0.2) is 30.3 Å². The van der Waals surface area contributed by atoms with Gasteiger partial charge in [0.1, 0.15) is 29.3 Å². The average molecular weight is 525 g/mol. The zero-order chi connectivity index (χ0) is 25.9. The maximum absolute atomic E-state index is 10.3. The number of ether oxygens (including phenoxy) is 1. The molecule has 1 aromatic carbocycles. The van der Waals surface area contributed by atoms with Gasteiger partial charge in [0.2, 0.25) is 0 Å². The Kier molecular flexibility index (Phi) is 5.43. The van der Waals surface area contributed by atoms with Crippen LogP contribution >= 0.6 is 11.3 Å². The average Bonchev–Trinajstić information content (AvgIpc) is 3.56. The normalized spacial score (nSPS) is 22.6. The third-order valence-electron chi connectivity index (χ3n) is 8.46. The SMILES string of the molecule is N#Cc1c(N2CC3CC[C@@H](C2)N3)nc(OCc2ccccc2)nc1N1CC2(CCc3sc(N)c(C#N)c32)C1. The number of fused-ring (bicyclic) bond motifs is 4. The van der Waals surface area contributed by atoms with Gasteiger partial charge in [0.05, 0.1) is 5.56 Å². The van der Waals surface area contributed by atoms with Crippen LogP contribution in [0.3, 0.4) is 0 Å². The van der Waals surface area contributed by atoms with E-state index >= 15 is 0 Å². The maximum Gasteiger partial charge on any atom is 0.320 e. The molecule has 4 aliphatic rings. The van der Waals surface area contributed by atoms with Gasteiger partial charge in [-0.2, -0.15) is 20.5 Å². The number of rotatable bonds is 5. The quantitative estimate of drug-likeness (QED) is 0.517. The van der Waals surface area contributed by atoms with E-state index in [1.807, 2.05) is 30.3 Å². The van der Waals surface area contributed by atoms with Crippen molar-refractivity contribution in [3.05, 3.63) is 57.5 Å². The first kappa shape index (κ1) is 23.3. The highest BCUT2D eigenvalue weighted by Crippen LogP contribution is 2.53. The summed E-state index contributed by atoms with van der Waals surface area (Å²) < 4.78 is 6.11. The molecule has 0 saturated carbocycles. The molecule has 3 aliphatic heterocycles. The molecule has 0 amide bonds. The van der Waals surface area contributed by atoms with Crippen molar-refractivity contribution in [3.8, 4) is 18.1 Å². The third-order valence-corrected chi connectivity index (χ3v) is 9.54. The summed E-state index contributed by atoms with van der Waals surface area (Å²) in [6, 6.07) is 15.8. The smallest absolute Gasteiger partial charge is 0.320 e. The van der Waals surface area contributed by atoms with Crippen molar-refractivity contribution in [3.63, 3.8) is 0 Å². The van der Waals surface area contributed by atoms with E-state index in [2.05, 4.69) is 27.3 Å². The summed E-state index contributed by atoms with van der Waals surface area (Å²) in [5.74, 6) is 1.27. The predicted molar refractivity (Wildman–Crippen MR) is 145 cm³/mol. The van der Waals surface area contributed by atoms with Gasteiger partial charge < -0.3 is 25.6 Å². The number of hydrogen-bond donors (Lipinski definition) is 2. The summed E-state index contributed by atoms with van der Waals surface area (Å²) >= 11 is 1.54. The molecule has 192 valence electrons. The number of nitrogens with zero attached hydrogens (tertiary/aromatic N) is 6. The number of nitrogens with two attached hydrogens (primary N) is 1. The second kappa shape index (κ2) is 8.87. The molecule has 3 fully saturated rings. The number of hydrogen-bond acceptors (Lipinski definition) is 10. The van der Waals surface area contributed by atoms with Crippen LogP contribution in [0.2, 0.25) is 0 Å². The van der Waals surface area contributed by atoms with Crippen molar-refractivity contribution in [2.24, 2.45) is 0 Å². The van der Waals surface area contributed by atoms with Gasteiger partial charge in [-0.1, -0.05) is 30.3 Å². The van der Waals surface area contributed by atoms with Crippen LogP contribution in [0.25, 0.3) is 0 Å². The fraction of sp³-hybridized carbons (Fsp3) is 0.429. The van der Waals surface area contributed by atoms with Gasteiger partial charge in [0.25, 0.3) is 0 Å². The monoisotopic (exact) mass is 524 g/mol. The zero-order valence-corrected chi connectivity index (χ0v) is 21.8. The summed E-state index contributed by atoms with van der Waals surface area (Å²) in [7, 11) is 0. The highest BCUT2D eigenvalue weighted by molar-refractivity contribution is 7.16. The van der Waals surface area contributed by atoms with Crippen molar-refractivity contribution >= 4 is 28.0 Å². The molecule has 38 heavy (non-hydrogen) atoms. The Bertz CT molecular complexity index is 1470. The molecule has 2 atom stereocenters. The molecule has 9 nitrogen and oxygen atoms in total. The van der Waals surface area contributed by atoms with Crippen LogP contribution in [-0.4, -0.2) is 48.2 Å². The van der Waals surface area contributed by atoms with Gasteiger partial charge in [0.15, 0.2) is 11.6 Å². The molecule has 7 rings (SSSR count). The molecule has 5 heterocycles. The van der Waals surface area contributed by atoms with E-state index in [1.54, 1.807) is 11.3 Å². The molecule has 1 unspecified atom stereocenters. The number of nitriles is 2. The lowest BCUT2D eigenvalue weighted by molar-refractivity contribution is 0.278. The number of anilines is 3. The van der Waals surface area contributed by atoms with E-state index in [0.717, 1.165) is 49.9 Å². The van der Waals surface area contributed by atoms with Gasteiger partial charge in [-0.15, -0.1) is 11.3 Å². The second-order valence-corrected chi connectivity index (χ2v) is 12.0. The molecule has 1 spiro atoms. The number of benzene rings is 1. The van der Waals surface area contributed by atoms with Crippen molar-refractivity contribution in [2.45, 2.75) is 49.8 Å². The summed E-state index contributed by atoms with van der Waals surface area (Å²) in [5, 5.41) is 24.4. The fourth-order valence-electron chi connectivity index (χ4n) is 6.71. The van der Waals surface area contributed by atoms with Crippen LogP contribution in [-0.2, 0) is 18.4 Å². The van der Waals surface area contributed by atoms with E-state index < -0.39 is 0 Å². The zero-order valence-electron chi connectivity index (χ0n) is 21.0. The Morgan fingerprint density at radius 1 is 1.03 bits per heavy atom. The molecule has 0 radical (unpaired) electrons. The third kappa shape index (κ3) is 3.67. The molecule has 2 bridgehead atoms. The number of aromatic nitrogens is 2. The first-order valence-electron chi connectivity index (χ1n) is 13.1. The number of nitrogen functional groups attached to an aromatic ring is 1. The van der Waals surface area contributed by atoms with Gasteiger partial charge >= 0.3 is 6.01 Å². The van der Waals surface area contributed by atoms with Crippen LogP contribution < -0.4 is 25.6 Å². The van der Waals surface area contributed by atoms with E-state index in [9.17, 15) is 10.5 Å². The van der Waals surface area contributed by atoms with Crippen molar-refractivity contribution < 1.29 is 4.74 Å². The first-order chi connectivity index (χ1) is 18.6. The van der Waals surface area contributed by atoms with Crippen molar-refractivity contribution in [2.75, 3.05) is 41.7 Å². The number of aryl methyl sites for hydroxylation is 1. The Morgan fingerprint density at radius 3 is 2.39 bits per heavy atom. The Balaban J connectivity index is 1.23. The lowest BCUT2D eigenvalue weighted by atomic mass is 9.74. The summed E-state index contributed by atoms with van der Waals surface area (Å²) in [6.45, 7) is 3.37. The number of piperazine rings is 1. The topological polar surface area (TPSA) is 127 Å². The maximum atomic E-state index is 10.3. The predicted octanol–water partition coefficient (Wildman–Crippen LogP) is 3.09. The largest absolute Gasteiger partial charge is 0.458 e. The molecule has 10 heteroatoms. The van der Waals surface area contributed by atoms with Gasteiger partial charge in [-0.25, -0.2) is 0 Å². The minimum Gasteiger partial charge on any atom is -0.458 e. The van der Waals surface area contributed by atoms with Crippen molar-refractivity contribution in [1.82, 2.24) is 15.3 Å². The van der Waals surface area contributed by atoms with E-state index in [-0.39, 0.29) is 11.4 Å². The number of thiophene rings is 1. The molecule has 3 saturated heterocycles. The van der Waals surface area contributed by atoms with Crippen LogP contribution in [0.1, 0.15) is 46.4 Å². The molecule has 2 aromatic heterocycles. The summed E-state index contributed by atoms with van der Waals surface area (Å²) in [5.41, 5.74) is 9.34. The number of nitrogens with one attached hydrogen (secondary N) is 1. The highest BCUT2D eigenvalue weighted by atomic mass is 32.1. The second-order valence-electron chi connectivity index (χ2n) is 10.8. The van der Waals surface area contributed by atoms with Crippen LogP contribution in [0.4, 0.5) is 16.6 Å². The Morgan fingerprint density at radius 2 is 1.71 bits per heavy atom. The highest BCUT2D eigenvalue weighted by Gasteiger charge is 2.52. The first-order valence-corrected chi connectivity index (χ1v) is 13.9. The fourth-order valence-corrected chi connectivity index (χ4v) is 7.85. The lowest BCUT2D eigenvalue weighted by Gasteiger charge is -2.49. The van der Waals surface area contributed by atoms with E-state index in [1.165, 1.54) is 4.88 Å². The van der Waals surface area contributed by atoms with E-state index in [0.29, 0.717) is 59.5 Å². The Hall–Kier alpha value is -3.86. The molecule has 1 aliphatic carbocycles. The minimum absolute atomic E-state index is 0.119. The minimum atomic E-state index is -0.119. The van der Waals surface area contributed by atoms with Crippen LogP contribution in [0.5, 0.6) is 6.01 Å². The van der Waals surface area contributed by atoms with Gasteiger partial charge in [-0.3, -0.25) is 0 Å². The Labute approximate surface area is 225 Å². The molecule has 3 aromatic rings. The van der Waals surface area contributed by atoms with Gasteiger partial charge in [0, 0.05) is 48.6 Å². The van der Waals surface area contributed by atoms with Gasteiger partial charge in [-0.05, 0) is 36.8 Å². The molecule has 3 N–H and O–H groups in total. The van der Waals surface area contributed by atoms with Crippen LogP contribution in [0, 0.1) is 22.7 Å². The standard InChI is InChI=1S/C28H28N8OS/c29-10-20-23-22(38-24(20)31)8-9-28(23)15-36(16-28)26-21(11-30)25(35-12-18-6-7-19(13-35)32-18)33-27(34-26)37-14-17-4-2-1-3-5-17/h1-5,18-19,32H,6-9,12-16,31H2/t18-,19?/m0/s1. The summed E-state index contributed by atoms with van der Waals surface area (Å²) in [6.07, 6.45) is 4.20. The van der Waals surface area contributed by atoms with E-state index in [4.69, 9.17) is 20.4 Å². The summed E-state index contributed by atoms with van der Waals surface area (Å²) in [4.78, 5) is 15.2.